The van der Waals surface area contributed by atoms with Crippen LogP contribution in [0.2, 0.25) is 0 Å². The van der Waals surface area contributed by atoms with Crippen molar-refractivity contribution in [2.24, 2.45) is 0 Å². The van der Waals surface area contributed by atoms with E-state index in [2.05, 4.69) is 6.58 Å². The highest BCUT2D eigenvalue weighted by Gasteiger charge is 1.96. The fraction of sp³-hybridized carbons (Fsp3) is 0.333. The molecule has 62 valence electrons. The summed E-state index contributed by atoms with van der Waals surface area (Å²) in [6.45, 7) is 6.54. The maximum absolute atomic E-state index is 12.7. The molecule has 0 bridgehead atoms. The average Bonchev–Trinajstić information content (AvgIpc) is 2.02. The van der Waals surface area contributed by atoms with Gasteiger partial charge in [0.15, 0.2) is 0 Å². The molecule has 11 heavy (non-hydrogen) atoms. The molecule has 2 heteroatoms. The fourth-order valence-electron chi connectivity index (χ4n) is 0.451. The van der Waals surface area contributed by atoms with Gasteiger partial charge in [0, 0.05) is 6.08 Å². The Kier molecular flexibility index (Phi) is 4.42. The zero-order valence-corrected chi connectivity index (χ0v) is 6.82. The Bertz CT molecular complexity index is 200. The van der Waals surface area contributed by atoms with Crippen LogP contribution in [0.3, 0.4) is 0 Å². The molecule has 0 unspecified atom stereocenters. The zero-order valence-electron chi connectivity index (χ0n) is 6.82. The van der Waals surface area contributed by atoms with E-state index in [9.17, 15) is 8.78 Å². The number of rotatable bonds is 3. The first-order valence-corrected chi connectivity index (χ1v) is 3.46. The van der Waals surface area contributed by atoms with Crippen molar-refractivity contribution in [2.75, 3.05) is 0 Å². The molecule has 0 radical (unpaired) electrons. The summed E-state index contributed by atoms with van der Waals surface area (Å²) in [5.74, 6) is -1.01. The van der Waals surface area contributed by atoms with Crippen LogP contribution in [0.5, 0.6) is 0 Å². The van der Waals surface area contributed by atoms with Gasteiger partial charge >= 0.3 is 0 Å². The maximum Gasteiger partial charge on any atom is 0.128 e. The quantitative estimate of drug-likeness (QED) is 0.549. The van der Waals surface area contributed by atoms with Gasteiger partial charge in [-0.1, -0.05) is 19.6 Å². The number of allylic oxidation sites excluding steroid dienone is 5. The Hall–Kier alpha value is -0.920. The second-order valence-corrected chi connectivity index (χ2v) is 2.18. The highest BCUT2D eigenvalue weighted by Crippen LogP contribution is 2.13. The molecule has 0 aromatic heterocycles. The normalized spacial score (nSPS) is 14.4. The Labute approximate surface area is 65.9 Å². The van der Waals surface area contributed by atoms with Gasteiger partial charge in [-0.25, -0.2) is 8.78 Å². The molecule has 0 atom stereocenters. The monoisotopic (exact) mass is 158 g/mol. The molecule has 0 amide bonds. The van der Waals surface area contributed by atoms with E-state index in [-0.39, 0.29) is 6.42 Å². The summed E-state index contributed by atoms with van der Waals surface area (Å²) < 4.78 is 25.2. The first kappa shape index (κ1) is 10.1. The second-order valence-electron chi connectivity index (χ2n) is 2.18. The van der Waals surface area contributed by atoms with Gasteiger partial charge in [-0.3, -0.25) is 0 Å². The van der Waals surface area contributed by atoms with Crippen molar-refractivity contribution >= 4 is 0 Å². The van der Waals surface area contributed by atoms with Crippen molar-refractivity contribution in [1.82, 2.24) is 0 Å². The van der Waals surface area contributed by atoms with Crippen molar-refractivity contribution in [1.29, 1.82) is 0 Å². The van der Waals surface area contributed by atoms with Crippen LogP contribution >= 0.6 is 0 Å². The van der Waals surface area contributed by atoms with E-state index in [1.807, 2.05) is 0 Å². The zero-order chi connectivity index (χ0) is 8.85. The van der Waals surface area contributed by atoms with E-state index < -0.39 is 11.7 Å². The van der Waals surface area contributed by atoms with Gasteiger partial charge in [0.2, 0.25) is 0 Å². The summed E-state index contributed by atoms with van der Waals surface area (Å²) >= 11 is 0. The van der Waals surface area contributed by atoms with Gasteiger partial charge in [-0.05, 0) is 18.9 Å². The summed E-state index contributed by atoms with van der Waals surface area (Å²) in [6.07, 6.45) is 2.46. The van der Waals surface area contributed by atoms with Crippen molar-refractivity contribution in [3.8, 4) is 0 Å². The molecule has 0 aliphatic carbocycles. The Morgan fingerprint density at radius 2 is 2.00 bits per heavy atom. The van der Waals surface area contributed by atoms with Crippen LogP contribution in [0.1, 0.15) is 20.3 Å². The predicted octanol–water partition coefficient (Wildman–Crippen LogP) is 3.68. The van der Waals surface area contributed by atoms with Crippen molar-refractivity contribution < 1.29 is 8.78 Å². The van der Waals surface area contributed by atoms with Crippen LogP contribution in [0.4, 0.5) is 8.78 Å². The highest BCUT2D eigenvalue weighted by atomic mass is 19.1. The maximum atomic E-state index is 12.7. The van der Waals surface area contributed by atoms with Crippen molar-refractivity contribution in [3.05, 3.63) is 36.0 Å². The lowest BCUT2D eigenvalue weighted by Crippen LogP contribution is -1.76. The van der Waals surface area contributed by atoms with Crippen molar-refractivity contribution in [3.63, 3.8) is 0 Å². The smallest absolute Gasteiger partial charge is 0.128 e. The van der Waals surface area contributed by atoms with E-state index in [0.717, 1.165) is 6.08 Å². The molecular formula is C9H12F2. The first-order chi connectivity index (χ1) is 5.11. The molecule has 0 saturated carbocycles. The van der Waals surface area contributed by atoms with E-state index in [1.54, 1.807) is 13.8 Å². The van der Waals surface area contributed by atoms with E-state index in [0.29, 0.717) is 5.57 Å². The predicted molar refractivity (Wildman–Crippen MR) is 43.5 cm³/mol. The topological polar surface area (TPSA) is 0 Å². The summed E-state index contributed by atoms with van der Waals surface area (Å²) in [4.78, 5) is 0. The van der Waals surface area contributed by atoms with E-state index in [4.69, 9.17) is 0 Å². The summed E-state index contributed by atoms with van der Waals surface area (Å²) in [5, 5.41) is 0. The van der Waals surface area contributed by atoms with Crippen LogP contribution in [0, 0.1) is 0 Å². The minimum absolute atomic E-state index is 0.220. The summed E-state index contributed by atoms with van der Waals surface area (Å²) in [7, 11) is 0. The standard InChI is InChI=1S/C9H12F2/c1-4-7(3)9(11)6-8(10)5-2/h4,6H,1,5H2,2-3H3/b8-6+,9-7+. The molecule has 0 heterocycles. The molecule has 0 nitrogen and oxygen atoms in total. The van der Waals surface area contributed by atoms with E-state index >= 15 is 0 Å². The third-order valence-electron chi connectivity index (χ3n) is 1.30. The van der Waals surface area contributed by atoms with Crippen LogP contribution in [-0.4, -0.2) is 0 Å². The van der Waals surface area contributed by atoms with Gasteiger partial charge in [-0.15, -0.1) is 0 Å². The van der Waals surface area contributed by atoms with Crippen LogP contribution in [-0.2, 0) is 0 Å². The molecule has 0 rings (SSSR count). The summed E-state index contributed by atoms with van der Waals surface area (Å²) in [6, 6.07) is 0. The van der Waals surface area contributed by atoms with Crippen LogP contribution < -0.4 is 0 Å². The lowest BCUT2D eigenvalue weighted by atomic mass is 10.2. The van der Waals surface area contributed by atoms with Gasteiger partial charge in [-0.2, -0.15) is 0 Å². The largest absolute Gasteiger partial charge is 0.212 e. The molecule has 0 aliphatic heterocycles. The summed E-state index contributed by atoms with van der Waals surface area (Å²) in [5.41, 5.74) is 0.355. The molecule has 0 fully saturated rings. The number of hydrogen-bond acceptors (Lipinski definition) is 0. The molecule has 0 spiro atoms. The van der Waals surface area contributed by atoms with Gasteiger partial charge in [0.1, 0.15) is 11.7 Å². The molecule has 0 N–H and O–H groups in total. The Morgan fingerprint density at radius 3 is 2.36 bits per heavy atom. The number of halogens is 2. The molecule has 0 aliphatic rings. The lowest BCUT2D eigenvalue weighted by molar-refractivity contribution is 0.585. The number of hydrogen-bond donors (Lipinski definition) is 0. The third-order valence-corrected chi connectivity index (χ3v) is 1.30. The first-order valence-electron chi connectivity index (χ1n) is 3.46. The van der Waals surface area contributed by atoms with Gasteiger partial charge in [0.25, 0.3) is 0 Å². The molecule has 0 saturated heterocycles. The second kappa shape index (κ2) is 4.83. The molecule has 0 aromatic carbocycles. The Balaban J connectivity index is 4.49. The molecular weight excluding hydrogens is 146 g/mol. The van der Waals surface area contributed by atoms with Crippen LogP contribution in [0.15, 0.2) is 36.0 Å². The average molecular weight is 158 g/mol. The Morgan fingerprint density at radius 1 is 1.45 bits per heavy atom. The minimum atomic E-state index is -0.556. The minimum Gasteiger partial charge on any atom is -0.212 e. The fourth-order valence-corrected chi connectivity index (χ4v) is 0.451. The van der Waals surface area contributed by atoms with Gasteiger partial charge in [0.05, 0.1) is 0 Å². The van der Waals surface area contributed by atoms with Crippen LogP contribution in [0.25, 0.3) is 0 Å². The molecule has 0 aromatic rings. The third kappa shape index (κ3) is 3.71. The highest BCUT2D eigenvalue weighted by molar-refractivity contribution is 5.26. The van der Waals surface area contributed by atoms with Gasteiger partial charge < -0.3 is 0 Å². The van der Waals surface area contributed by atoms with Crippen molar-refractivity contribution in [2.45, 2.75) is 20.3 Å². The van der Waals surface area contributed by atoms with E-state index in [1.165, 1.54) is 6.08 Å². The SMILES string of the molecule is C=C/C(C)=C(F)\C=C(\F)CC. The lowest BCUT2D eigenvalue weighted by Gasteiger charge is -1.92.